The molecule has 0 N–H and O–H groups in total. The highest BCUT2D eigenvalue weighted by molar-refractivity contribution is 6.17. The van der Waals surface area contributed by atoms with Gasteiger partial charge in [-0.25, -0.2) is 0 Å². The fourth-order valence-electron chi connectivity index (χ4n) is 2.87. The van der Waals surface area contributed by atoms with Crippen molar-refractivity contribution in [3.63, 3.8) is 0 Å². The van der Waals surface area contributed by atoms with Crippen LogP contribution in [0.5, 0.6) is 5.75 Å². The predicted octanol–water partition coefficient (Wildman–Crippen LogP) is 4.34. The zero-order chi connectivity index (χ0) is 11.5. The summed E-state index contributed by atoms with van der Waals surface area (Å²) in [5, 5.41) is 0. The third-order valence-electron chi connectivity index (χ3n) is 3.78. The van der Waals surface area contributed by atoms with Gasteiger partial charge in [-0.2, -0.15) is 0 Å². The Morgan fingerprint density at radius 2 is 2.19 bits per heavy atom. The third-order valence-corrected chi connectivity index (χ3v) is 4.05. The smallest absolute Gasteiger partial charge is 0.123 e. The average molecular weight is 239 g/mol. The summed E-state index contributed by atoms with van der Waals surface area (Å²) in [7, 11) is 1.72. The van der Waals surface area contributed by atoms with Crippen molar-refractivity contribution in [2.24, 2.45) is 5.92 Å². The van der Waals surface area contributed by atoms with Crippen LogP contribution in [0.4, 0.5) is 0 Å². The monoisotopic (exact) mass is 238 g/mol. The van der Waals surface area contributed by atoms with Gasteiger partial charge in [0, 0.05) is 5.56 Å². The van der Waals surface area contributed by atoms with E-state index in [4.69, 9.17) is 16.3 Å². The van der Waals surface area contributed by atoms with Gasteiger partial charge in [-0.15, -0.1) is 11.6 Å². The molecule has 1 aliphatic carbocycles. The second-order valence-electron chi connectivity index (χ2n) is 4.68. The van der Waals surface area contributed by atoms with Crippen molar-refractivity contribution in [3.8, 4) is 5.75 Å². The fraction of sp³-hybridized carbons (Fsp3) is 0.571. The average Bonchev–Trinajstić information content (AvgIpc) is 2.74. The maximum absolute atomic E-state index is 6.06. The van der Waals surface area contributed by atoms with Crippen molar-refractivity contribution in [1.82, 2.24) is 0 Å². The van der Waals surface area contributed by atoms with Crippen molar-refractivity contribution >= 4 is 11.6 Å². The molecule has 0 bridgehead atoms. The van der Waals surface area contributed by atoms with Gasteiger partial charge in [0.05, 0.1) is 13.0 Å². The number of methoxy groups -OCH3 is 1. The first-order valence-electron chi connectivity index (χ1n) is 5.99. The van der Waals surface area contributed by atoms with Gasteiger partial charge in [0.25, 0.3) is 0 Å². The molecule has 0 amide bonds. The minimum Gasteiger partial charge on any atom is -0.496 e. The highest BCUT2D eigenvalue weighted by Crippen LogP contribution is 2.42. The lowest BCUT2D eigenvalue weighted by atomic mass is 9.87. The molecule has 0 heterocycles. The summed E-state index contributed by atoms with van der Waals surface area (Å²) in [6.07, 6.45) is 3.96. The lowest BCUT2D eigenvalue weighted by Gasteiger charge is -2.20. The first-order valence-corrected chi connectivity index (χ1v) is 6.53. The van der Waals surface area contributed by atoms with Gasteiger partial charge in [0.15, 0.2) is 0 Å². The molecular formula is C14H19ClO. The molecule has 1 fully saturated rings. The van der Waals surface area contributed by atoms with Crippen LogP contribution < -0.4 is 4.74 Å². The summed E-state index contributed by atoms with van der Waals surface area (Å²) in [5.74, 6) is 2.92. The lowest BCUT2D eigenvalue weighted by Crippen LogP contribution is -2.06. The highest BCUT2D eigenvalue weighted by Gasteiger charge is 2.27. The molecule has 0 radical (unpaired) electrons. The van der Waals surface area contributed by atoms with Gasteiger partial charge in [-0.1, -0.05) is 31.9 Å². The Hall–Kier alpha value is -0.690. The number of rotatable bonds is 3. The number of benzene rings is 1. The van der Waals surface area contributed by atoms with Gasteiger partial charge < -0.3 is 4.74 Å². The summed E-state index contributed by atoms with van der Waals surface area (Å²) in [5.41, 5.74) is 2.59. The Kier molecular flexibility index (Phi) is 3.75. The van der Waals surface area contributed by atoms with Gasteiger partial charge in [-0.3, -0.25) is 0 Å². The minimum absolute atomic E-state index is 0.544. The quantitative estimate of drug-likeness (QED) is 0.712. The Labute approximate surface area is 103 Å². The van der Waals surface area contributed by atoms with E-state index in [1.165, 1.54) is 30.4 Å². The zero-order valence-electron chi connectivity index (χ0n) is 10.0. The number of alkyl halides is 1. The summed E-state index contributed by atoms with van der Waals surface area (Å²) < 4.78 is 5.39. The molecular weight excluding hydrogens is 220 g/mol. The van der Waals surface area contributed by atoms with Crippen LogP contribution in [-0.2, 0) is 5.88 Å². The van der Waals surface area contributed by atoms with Crippen molar-refractivity contribution in [2.75, 3.05) is 7.11 Å². The maximum atomic E-state index is 6.06. The molecule has 1 saturated carbocycles. The van der Waals surface area contributed by atoms with Crippen LogP contribution in [-0.4, -0.2) is 7.11 Å². The molecule has 2 heteroatoms. The summed E-state index contributed by atoms with van der Waals surface area (Å²) >= 11 is 6.06. The summed E-state index contributed by atoms with van der Waals surface area (Å²) in [4.78, 5) is 0. The van der Waals surface area contributed by atoms with E-state index < -0.39 is 0 Å². The topological polar surface area (TPSA) is 9.23 Å². The van der Waals surface area contributed by atoms with Gasteiger partial charge in [0.2, 0.25) is 0 Å². The van der Waals surface area contributed by atoms with Crippen LogP contribution in [0, 0.1) is 5.92 Å². The van der Waals surface area contributed by atoms with Crippen LogP contribution in [0.3, 0.4) is 0 Å². The first-order chi connectivity index (χ1) is 7.77. The van der Waals surface area contributed by atoms with Crippen molar-refractivity contribution < 1.29 is 4.74 Å². The van der Waals surface area contributed by atoms with E-state index in [0.717, 1.165) is 11.7 Å². The Bertz CT molecular complexity index is 362. The zero-order valence-corrected chi connectivity index (χ0v) is 10.8. The van der Waals surface area contributed by atoms with E-state index in [2.05, 4.69) is 19.1 Å². The Morgan fingerprint density at radius 1 is 1.38 bits per heavy atom. The van der Waals surface area contributed by atoms with E-state index >= 15 is 0 Å². The Morgan fingerprint density at radius 3 is 2.75 bits per heavy atom. The lowest BCUT2D eigenvalue weighted by molar-refractivity contribution is 0.408. The number of hydrogen-bond donors (Lipinski definition) is 0. The molecule has 0 spiro atoms. The number of ether oxygens (including phenoxy) is 1. The van der Waals surface area contributed by atoms with Crippen LogP contribution >= 0.6 is 11.6 Å². The van der Waals surface area contributed by atoms with Crippen molar-refractivity contribution in [1.29, 1.82) is 0 Å². The number of hydrogen-bond acceptors (Lipinski definition) is 1. The molecule has 0 saturated heterocycles. The molecule has 16 heavy (non-hydrogen) atoms. The van der Waals surface area contributed by atoms with Gasteiger partial charge >= 0.3 is 0 Å². The van der Waals surface area contributed by atoms with E-state index in [9.17, 15) is 0 Å². The van der Waals surface area contributed by atoms with Crippen molar-refractivity contribution in [3.05, 3.63) is 29.3 Å². The summed E-state index contributed by atoms with van der Waals surface area (Å²) in [6, 6.07) is 6.29. The predicted molar refractivity (Wildman–Crippen MR) is 68.3 cm³/mol. The van der Waals surface area contributed by atoms with E-state index in [-0.39, 0.29) is 0 Å². The standard InChI is InChI=1S/C14H19ClO/c1-10-5-3-6-11(10)12-7-4-8-14(16-2)13(12)9-15/h4,7-8,10-11H,3,5-6,9H2,1-2H3. The third kappa shape index (κ3) is 2.06. The van der Waals surface area contributed by atoms with Gasteiger partial charge in [-0.05, 0) is 29.9 Å². The Balaban J connectivity index is 2.39. The molecule has 1 aromatic carbocycles. The van der Waals surface area contributed by atoms with Crippen LogP contribution in [0.25, 0.3) is 0 Å². The highest BCUT2D eigenvalue weighted by atomic mass is 35.5. The minimum atomic E-state index is 0.544. The van der Waals surface area contributed by atoms with Crippen LogP contribution in [0.1, 0.15) is 43.2 Å². The largest absolute Gasteiger partial charge is 0.496 e. The molecule has 2 rings (SSSR count). The fourth-order valence-corrected chi connectivity index (χ4v) is 3.16. The molecule has 1 aromatic rings. The molecule has 88 valence electrons. The molecule has 1 aliphatic rings. The summed E-state index contributed by atoms with van der Waals surface area (Å²) in [6.45, 7) is 2.34. The normalized spacial score (nSPS) is 24.7. The van der Waals surface area contributed by atoms with E-state index in [0.29, 0.717) is 11.8 Å². The number of halogens is 1. The molecule has 1 nitrogen and oxygen atoms in total. The second kappa shape index (κ2) is 5.09. The van der Waals surface area contributed by atoms with Crippen molar-refractivity contribution in [2.45, 2.75) is 38.0 Å². The van der Waals surface area contributed by atoms with E-state index in [1.807, 2.05) is 6.07 Å². The van der Waals surface area contributed by atoms with Crippen LogP contribution in [0.15, 0.2) is 18.2 Å². The van der Waals surface area contributed by atoms with Crippen LogP contribution in [0.2, 0.25) is 0 Å². The SMILES string of the molecule is COc1cccc(C2CCCC2C)c1CCl. The molecule has 0 aromatic heterocycles. The molecule has 0 aliphatic heterocycles. The second-order valence-corrected chi connectivity index (χ2v) is 4.94. The van der Waals surface area contributed by atoms with E-state index in [1.54, 1.807) is 7.11 Å². The van der Waals surface area contributed by atoms with Gasteiger partial charge in [0.1, 0.15) is 5.75 Å². The first kappa shape index (κ1) is 11.8. The molecule has 2 atom stereocenters. The molecule has 2 unspecified atom stereocenters. The maximum Gasteiger partial charge on any atom is 0.123 e.